The second-order valence-electron chi connectivity index (χ2n) is 4.65. The van der Waals surface area contributed by atoms with Crippen LogP contribution in [0.15, 0.2) is 16.5 Å². The van der Waals surface area contributed by atoms with E-state index in [4.69, 9.17) is 16.0 Å². The fourth-order valence-corrected chi connectivity index (χ4v) is 2.68. The number of oxazole rings is 1. The maximum absolute atomic E-state index is 6.03. The van der Waals surface area contributed by atoms with E-state index >= 15 is 0 Å². The van der Waals surface area contributed by atoms with Gasteiger partial charge in [0.2, 0.25) is 0 Å². The van der Waals surface area contributed by atoms with E-state index in [0.29, 0.717) is 5.92 Å². The summed E-state index contributed by atoms with van der Waals surface area (Å²) in [6.45, 7) is 4.10. The second-order valence-corrected chi connectivity index (χ2v) is 5.08. The first kappa shape index (κ1) is 11.1. The van der Waals surface area contributed by atoms with E-state index < -0.39 is 0 Å². The van der Waals surface area contributed by atoms with Crippen LogP contribution in [-0.2, 0) is 0 Å². The smallest absolute Gasteiger partial charge is 0.198 e. The average Bonchev–Trinajstić information content (AvgIpc) is 2.74. The van der Waals surface area contributed by atoms with E-state index in [1.54, 1.807) is 0 Å². The van der Waals surface area contributed by atoms with Crippen LogP contribution in [0.4, 0.5) is 0 Å². The molecule has 1 aromatic carbocycles. The van der Waals surface area contributed by atoms with E-state index in [9.17, 15) is 0 Å². The molecule has 90 valence electrons. The fourth-order valence-electron chi connectivity index (χ4n) is 2.42. The zero-order valence-corrected chi connectivity index (χ0v) is 10.5. The molecular formula is C13H15ClN2O. The molecule has 2 aromatic rings. The molecule has 2 heterocycles. The Morgan fingerprint density at radius 1 is 1.35 bits per heavy atom. The third kappa shape index (κ3) is 2.05. The molecule has 0 spiro atoms. The lowest BCUT2D eigenvalue weighted by Gasteiger charge is -2.19. The number of hydrogen-bond acceptors (Lipinski definition) is 3. The zero-order chi connectivity index (χ0) is 11.8. The van der Waals surface area contributed by atoms with Gasteiger partial charge in [-0.1, -0.05) is 11.6 Å². The normalized spacial score (nSPS) is 17.8. The molecule has 4 heteroatoms. The van der Waals surface area contributed by atoms with Crippen molar-refractivity contribution in [2.24, 2.45) is 0 Å². The van der Waals surface area contributed by atoms with Crippen molar-refractivity contribution in [1.82, 2.24) is 10.3 Å². The standard InChI is InChI=1S/C13H15ClN2O/c1-8-6-10(14)7-11-12(8)17-13(16-11)9-2-4-15-5-3-9/h6-7,9,15H,2-5H2,1H3. The van der Waals surface area contributed by atoms with Crippen LogP contribution in [0.1, 0.15) is 30.2 Å². The molecule has 3 nitrogen and oxygen atoms in total. The van der Waals surface area contributed by atoms with Crippen LogP contribution < -0.4 is 5.32 Å². The molecule has 0 atom stereocenters. The van der Waals surface area contributed by atoms with Crippen molar-refractivity contribution in [2.45, 2.75) is 25.7 Å². The van der Waals surface area contributed by atoms with Crippen LogP contribution >= 0.6 is 11.6 Å². The number of rotatable bonds is 1. The summed E-state index contributed by atoms with van der Waals surface area (Å²) in [5, 5.41) is 4.07. The number of hydrogen-bond donors (Lipinski definition) is 1. The lowest BCUT2D eigenvalue weighted by molar-refractivity contribution is 0.385. The average molecular weight is 251 g/mol. The number of fused-ring (bicyclic) bond motifs is 1. The van der Waals surface area contributed by atoms with E-state index in [0.717, 1.165) is 53.5 Å². The summed E-state index contributed by atoms with van der Waals surface area (Å²) >= 11 is 6.03. The summed E-state index contributed by atoms with van der Waals surface area (Å²) in [4.78, 5) is 4.58. The van der Waals surface area contributed by atoms with Gasteiger partial charge in [0.15, 0.2) is 11.5 Å². The Kier molecular flexibility index (Phi) is 2.81. The molecule has 17 heavy (non-hydrogen) atoms. The summed E-state index contributed by atoms with van der Waals surface area (Å²) in [7, 11) is 0. The molecule has 1 aliphatic rings. The van der Waals surface area contributed by atoms with Gasteiger partial charge in [-0.3, -0.25) is 0 Å². The van der Waals surface area contributed by atoms with Crippen LogP contribution in [0.25, 0.3) is 11.1 Å². The highest BCUT2D eigenvalue weighted by Crippen LogP contribution is 2.30. The number of aromatic nitrogens is 1. The van der Waals surface area contributed by atoms with Crippen molar-refractivity contribution >= 4 is 22.7 Å². The predicted octanol–water partition coefficient (Wildman–Crippen LogP) is 3.26. The van der Waals surface area contributed by atoms with Crippen molar-refractivity contribution in [3.8, 4) is 0 Å². The lowest BCUT2D eigenvalue weighted by Crippen LogP contribution is -2.26. The van der Waals surface area contributed by atoms with Gasteiger partial charge in [0.1, 0.15) is 5.52 Å². The summed E-state index contributed by atoms with van der Waals surface area (Å²) in [5.41, 5.74) is 2.81. The first-order chi connectivity index (χ1) is 8.24. The van der Waals surface area contributed by atoms with Crippen LogP contribution in [0.2, 0.25) is 5.02 Å². The molecule has 1 fully saturated rings. The molecule has 0 aliphatic carbocycles. The number of halogens is 1. The molecule has 1 saturated heterocycles. The molecule has 1 aromatic heterocycles. The highest BCUT2D eigenvalue weighted by molar-refractivity contribution is 6.31. The Morgan fingerprint density at radius 3 is 2.88 bits per heavy atom. The Labute approximate surface area is 105 Å². The van der Waals surface area contributed by atoms with Crippen molar-refractivity contribution < 1.29 is 4.42 Å². The van der Waals surface area contributed by atoms with Gasteiger partial charge in [-0.2, -0.15) is 0 Å². The van der Waals surface area contributed by atoms with E-state index in [1.165, 1.54) is 0 Å². The molecule has 0 unspecified atom stereocenters. The number of nitrogens with zero attached hydrogens (tertiary/aromatic N) is 1. The van der Waals surface area contributed by atoms with Gasteiger partial charge in [0, 0.05) is 10.9 Å². The van der Waals surface area contributed by atoms with Gasteiger partial charge in [-0.15, -0.1) is 0 Å². The minimum Gasteiger partial charge on any atom is -0.440 e. The number of piperidine rings is 1. The Morgan fingerprint density at radius 2 is 2.12 bits per heavy atom. The maximum Gasteiger partial charge on any atom is 0.198 e. The van der Waals surface area contributed by atoms with Gasteiger partial charge >= 0.3 is 0 Å². The Balaban J connectivity index is 2.03. The van der Waals surface area contributed by atoms with Gasteiger partial charge < -0.3 is 9.73 Å². The molecule has 3 rings (SSSR count). The first-order valence-electron chi connectivity index (χ1n) is 6.01. The minimum absolute atomic E-state index is 0.446. The second kappa shape index (κ2) is 4.31. The van der Waals surface area contributed by atoms with E-state index in [2.05, 4.69) is 10.3 Å². The van der Waals surface area contributed by atoms with Crippen molar-refractivity contribution in [3.05, 3.63) is 28.6 Å². The highest BCUT2D eigenvalue weighted by atomic mass is 35.5. The number of nitrogens with one attached hydrogen (secondary N) is 1. The Hall–Kier alpha value is -1.06. The third-order valence-corrected chi connectivity index (χ3v) is 3.56. The highest BCUT2D eigenvalue weighted by Gasteiger charge is 2.21. The van der Waals surface area contributed by atoms with Gasteiger partial charge in [-0.25, -0.2) is 4.98 Å². The SMILES string of the molecule is Cc1cc(Cl)cc2nc(C3CCNCC3)oc12. The summed E-state index contributed by atoms with van der Waals surface area (Å²) in [5.74, 6) is 1.31. The first-order valence-corrected chi connectivity index (χ1v) is 6.39. The molecule has 0 amide bonds. The van der Waals surface area contributed by atoms with Crippen LogP contribution in [0, 0.1) is 6.92 Å². The van der Waals surface area contributed by atoms with Crippen molar-refractivity contribution in [2.75, 3.05) is 13.1 Å². The summed E-state index contributed by atoms with van der Waals surface area (Å²) in [6, 6.07) is 3.79. The molecule has 0 radical (unpaired) electrons. The van der Waals surface area contributed by atoms with Crippen LogP contribution in [0.5, 0.6) is 0 Å². The number of aryl methyl sites for hydroxylation is 1. The lowest BCUT2D eigenvalue weighted by atomic mass is 9.98. The summed E-state index contributed by atoms with van der Waals surface area (Å²) < 4.78 is 5.90. The molecule has 0 bridgehead atoms. The molecule has 0 saturated carbocycles. The monoisotopic (exact) mass is 250 g/mol. The topological polar surface area (TPSA) is 38.1 Å². The maximum atomic E-state index is 6.03. The van der Waals surface area contributed by atoms with Crippen molar-refractivity contribution in [1.29, 1.82) is 0 Å². The fraction of sp³-hybridized carbons (Fsp3) is 0.462. The minimum atomic E-state index is 0.446. The largest absolute Gasteiger partial charge is 0.440 e. The summed E-state index contributed by atoms with van der Waals surface area (Å²) in [6.07, 6.45) is 2.19. The molecular weight excluding hydrogens is 236 g/mol. The van der Waals surface area contributed by atoms with Gasteiger partial charge in [0.25, 0.3) is 0 Å². The third-order valence-electron chi connectivity index (χ3n) is 3.35. The molecule has 1 N–H and O–H groups in total. The molecule has 1 aliphatic heterocycles. The zero-order valence-electron chi connectivity index (χ0n) is 9.79. The Bertz CT molecular complexity index is 544. The number of benzene rings is 1. The van der Waals surface area contributed by atoms with Gasteiger partial charge in [-0.05, 0) is 50.6 Å². The van der Waals surface area contributed by atoms with E-state index in [1.807, 2.05) is 19.1 Å². The van der Waals surface area contributed by atoms with E-state index in [-0.39, 0.29) is 0 Å². The quantitative estimate of drug-likeness (QED) is 0.844. The van der Waals surface area contributed by atoms with Crippen molar-refractivity contribution in [3.63, 3.8) is 0 Å². The predicted molar refractivity (Wildman–Crippen MR) is 68.6 cm³/mol. The van der Waals surface area contributed by atoms with Crippen LogP contribution in [-0.4, -0.2) is 18.1 Å². The van der Waals surface area contributed by atoms with Crippen LogP contribution in [0.3, 0.4) is 0 Å². The van der Waals surface area contributed by atoms with Gasteiger partial charge in [0.05, 0.1) is 0 Å².